The normalized spacial score (nSPS) is 10.5. The predicted octanol–water partition coefficient (Wildman–Crippen LogP) is 2.13. The molecule has 2 rings (SSSR count). The number of aryl methyl sites for hydroxylation is 1. The second kappa shape index (κ2) is 3.93. The van der Waals surface area contributed by atoms with Gasteiger partial charge in [-0.3, -0.25) is 4.79 Å². The van der Waals surface area contributed by atoms with Gasteiger partial charge in [0, 0.05) is 17.8 Å². The minimum absolute atomic E-state index is 0.00417. The number of aromatic amines is 1. The SMILES string of the molecule is CC(=O)Nc1c(C(=O)O)[nH]c2cccc(C)c12. The third kappa shape index (κ3) is 1.87. The van der Waals surface area contributed by atoms with Gasteiger partial charge in [0.2, 0.25) is 5.91 Å². The lowest BCUT2D eigenvalue weighted by molar-refractivity contribution is -0.114. The quantitative estimate of drug-likeness (QED) is 0.741. The topological polar surface area (TPSA) is 82.2 Å². The molecule has 0 fully saturated rings. The van der Waals surface area contributed by atoms with Gasteiger partial charge < -0.3 is 15.4 Å². The number of hydrogen-bond acceptors (Lipinski definition) is 2. The summed E-state index contributed by atoms with van der Waals surface area (Å²) in [4.78, 5) is 25.0. The van der Waals surface area contributed by atoms with Crippen molar-refractivity contribution in [2.75, 3.05) is 5.32 Å². The number of carboxylic acids is 1. The first kappa shape index (κ1) is 11.2. The number of carbonyl (C=O) groups is 2. The second-order valence-electron chi connectivity index (χ2n) is 3.86. The van der Waals surface area contributed by atoms with Crippen LogP contribution < -0.4 is 5.32 Å². The summed E-state index contributed by atoms with van der Waals surface area (Å²) in [5, 5.41) is 12.4. The summed E-state index contributed by atoms with van der Waals surface area (Å²) >= 11 is 0. The highest BCUT2D eigenvalue weighted by Gasteiger charge is 2.18. The number of benzene rings is 1. The van der Waals surface area contributed by atoms with E-state index >= 15 is 0 Å². The van der Waals surface area contributed by atoms with Crippen LogP contribution in [0.3, 0.4) is 0 Å². The molecule has 1 aromatic carbocycles. The lowest BCUT2D eigenvalue weighted by atomic mass is 10.1. The first-order valence-electron chi connectivity index (χ1n) is 5.13. The maximum absolute atomic E-state index is 11.1. The smallest absolute Gasteiger partial charge is 0.354 e. The summed E-state index contributed by atoms with van der Waals surface area (Å²) in [6.45, 7) is 3.22. The van der Waals surface area contributed by atoms with E-state index < -0.39 is 5.97 Å². The molecule has 17 heavy (non-hydrogen) atoms. The molecule has 0 atom stereocenters. The number of carboxylic acid groups (broad SMARTS) is 1. The Bertz CT molecular complexity index is 613. The fourth-order valence-electron chi connectivity index (χ4n) is 1.89. The number of H-pyrrole nitrogens is 1. The van der Waals surface area contributed by atoms with Crippen molar-refractivity contribution in [3.8, 4) is 0 Å². The molecule has 0 aliphatic carbocycles. The van der Waals surface area contributed by atoms with Crippen LogP contribution in [-0.2, 0) is 4.79 Å². The Morgan fingerprint density at radius 1 is 1.35 bits per heavy atom. The molecule has 0 unspecified atom stereocenters. The van der Waals surface area contributed by atoms with Crippen LogP contribution in [0.25, 0.3) is 10.9 Å². The van der Waals surface area contributed by atoms with E-state index in [4.69, 9.17) is 5.11 Å². The average molecular weight is 232 g/mol. The highest BCUT2D eigenvalue weighted by Crippen LogP contribution is 2.30. The number of fused-ring (bicyclic) bond motifs is 1. The van der Waals surface area contributed by atoms with Gasteiger partial charge >= 0.3 is 5.97 Å². The largest absolute Gasteiger partial charge is 0.477 e. The van der Waals surface area contributed by atoms with Crippen molar-refractivity contribution in [3.05, 3.63) is 29.5 Å². The molecule has 3 N–H and O–H groups in total. The zero-order valence-corrected chi connectivity index (χ0v) is 9.50. The minimum Gasteiger partial charge on any atom is -0.477 e. The number of amides is 1. The van der Waals surface area contributed by atoms with Gasteiger partial charge in [-0.2, -0.15) is 0 Å². The Balaban J connectivity index is 2.77. The summed E-state index contributed by atoms with van der Waals surface area (Å²) in [5.41, 5.74) is 1.95. The Labute approximate surface area is 97.4 Å². The molecule has 1 heterocycles. The molecule has 88 valence electrons. The highest BCUT2D eigenvalue weighted by atomic mass is 16.4. The lowest BCUT2D eigenvalue weighted by Crippen LogP contribution is -2.10. The van der Waals surface area contributed by atoms with E-state index in [1.807, 2.05) is 19.1 Å². The van der Waals surface area contributed by atoms with E-state index in [1.54, 1.807) is 6.07 Å². The van der Waals surface area contributed by atoms with Gasteiger partial charge in [-0.25, -0.2) is 4.79 Å². The lowest BCUT2D eigenvalue weighted by Gasteiger charge is -2.03. The Morgan fingerprint density at radius 3 is 2.65 bits per heavy atom. The van der Waals surface area contributed by atoms with Gasteiger partial charge in [-0.1, -0.05) is 12.1 Å². The zero-order chi connectivity index (χ0) is 12.6. The van der Waals surface area contributed by atoms with E-state index in [2.05, 4.69) is 10.3 Å². The van der Waals surface area contributed by atoms with Gasteiger partial charge in [0.05, 0.1) is 5.69 Å². The molecule has 0 saturated heterocycles. The van der Waals surface area contributed by atoms with E-state index in [0.29, 0.717) is 11.2 Å². The molecular formula is C12H12N2O3. The van der Waals surface area contributed by atoms with Crippen molar-refractivity contribution in [3.63, 3.8) is 0 Å². The van der Waals surface area contributed by atoms with Gasteiger partial charge in [-0.05, 0) is 18.6 Å². The number of aromatic nitrogens is 1. The Morgan fingerprint density at radius 2 is 2.06 bits per heavy atom. The van der Waals surface area contributed by atoms with Crippen LogP contribution in [0.1, 0.15) is 23.0 Å². The van der Waals surface area contributed by atoms with Crippen LogP contribution in [0.15, 0.2) is 18.2 Å². The second-order valence-corrected chi connectivity index (χ2v) is 3.86. The van der Waals surface area contributed by atoms with E-state index in [1.165, 1.54) is 6.92 Å². The number of rotatable bonds is 2. The van der Waals surface area contributed by atoms with E-state index in [0.717, 1.165) is 10.9 Å². The number of anilines is 1. The van der Waals surface area contributed by atoms with Gasteiger partial charge in [0.15, 0.2) is 0 Å². The first-order chi connectivity index (χ1) is 8.00. The molecule has 5 heteroatoms. The van der Waals surface area contributed by atoms with Crippen LogP contribution >= 0.6 is 0 Å². The number of carbonyl (C=O) groups excluding carboxylic acids is 1. The molecule has 0 spiro atoms. The molecule has 5 nitrogen and oxygen atoms in total. The summed E-state index contributed by atoms with van der Waals surface area (Å²) in [7, 11) is 0. The van der Waals surface area contributed by atoms with Crippen LogP contribution in [0, 0.1) is 6.92 Å². The van der Waals surface area contributed by atoms with Crippen molar-refractivity contribution in [1.29, 1.82) is 0 Å². The Hall–Kier alpha value is -2.30. The molecule has 0 bridgehead atoms. The number of aromatic carboxylic acids is 1. The van der Waals surface area contributed by atoms with Gasteiger partial charge in [-0.15, -0.1) is 0 Å². The molecule has 0 aliphatic heterocycles. The molecule has 1 amide bonds. The van der Waals surface area contributed by atoms with Crippen molar-refractivity contribution in [2.24, 2.45) is 0 Å². The molecule has 1 aromatic heterocycles. The fourth-order valence-corrected chi connectivity index (χ4v) is 1.89. The number of hydrogen-bond donors (Lipinski definition) is 3. The summed E-state index contributed by atoms with van der Waals surface area (Å²) in [6.07, 6.45) is 0. The van der Waals surface area contributed by atoms with E-state index in [9.17, 15) is 9.59 Å². The molecule has 0 aliphatic rings. The fraction of sp³-hybridized carbons (Fsp3) is 0.167. The third-order valence-corrected chi connectivity index (χ3v) is 2.55. The van der Waals surface area contributed by atoms with Gasteiger partial charge in [0.1, 0.15) is 5.69 Å². The number of nitrogens with one attached hydrogen (secondary N) is 2. The van der Waals surface area contributed by atoms with Gasteiger partial charge in [0.25, 0.3) is 0 Å². The molecule has 0 saturated carbocycles. The average Bonchev–Trinajstić information content (AvgIpc) is 2.57. The van der Waals surface area contributed by atoms with Crippen molar-refractivity contribution in [1.82, 2.24) is 4.98 Å². The molecule has 2 aromatic rings. The summed E-state index contributed by atoms with van der Waals surface area (Å²) < 4.78 is 0. The predicted molar refractivity (Wildman–Crippen MR) is 64.3 cm³/mol. The van der Waals surface area contributed by atoms with Crippen LogP contribution in [-0.4, -0.2) is 22.0 Å². The monoisotopic (exact) mass is 232 g/mol. The zero-order valence-electron chi connectivity index (χ0n) is 9.50. The molecule has 0 radical (unpaired) electrons. The summed E-state index contributed by atoms with van der Waals surface area (Å²) in [6, 6.07) is 5.48. The van der Waals surface area contributed by atoms with Crippen molar-refractivity contribution < 1.29 is 14.7 Å². The standard InChI is InChI=1S/C12H12N2O3/c1-6-4-3-5-8-9(6)10(13-7(2)15)11(14-8)12(16)17/h3-5,14H,1-2H3,(H,13,15)(H,16,17). The maximum Gasteiger partial charge on any atom is 0.354 e. The Kier molecular flexibility index (Phi) is 2.59. The highest BCUT2D eigenvalue weighted by molar-refractivity contribution is 6.11. The van der Waals surface area contributed by atoms with Crippen LogP contribution in [0.5, 0.6) is 0 Å². The molecular weight excluding hydrogens is 220 g/mol. The minimum atomic E-state index is -1.09. The van der Waals surface area contributed by atoms with Crippen LogP contribution in [0.4, 0.5) is 5.69 Å². The van der Waals surface area contributed by atoms with E-state index in [-0.39, 0.29) is 11.6 Å². The third-order valence-electron chi connectivity index (χ3n) is 2.55. The maximum atomic E-state index is 11.1. The van der Waals surface area contributed by atoms with Crippen LogP contribution in [0.2, 0.25) is 0 Å². The first-order valence-corrected chi connectivity index (χ1v) is 5.13. The van der Waals surface area contributed by atoms with Crippen molar-refractivity contribution in [2.45, 2.75) is 13.8 Å². The summed E-state index contributed by atoms with van der Waals surface area (Å²) in [5.74, 6) is -1.39. The van der Waals surface area contributed by atoms with Crippen molar-refractivity contribution >= 4 is 28.5 Å².